The van der Waals surface area contributed by atoms with Crippen molar-refractivity contribution in [3.05, 3.63) is 78.4 Å². The molecule has 7 rings (SSSR count). The van der Waals surface area contributed by atoms with Gasteiger partial charge in [-0.3, -0.25) is 9.59 Å². The van der Waals surface area contributed by atoms with Gasteiger partial charge in [0.15, 0.2) is 11.5 Å². The van der Waals surface area contributed by atoms with Crippen LogP contribution in [0.4, 0.5) is 5.69 Å². The van der Waals surface area contributed by atoms with E-state index in [0.29, 0.717) is 22.9 Å². The van der Waals surface area contributed by atoms with Gasteiger partial charge in [-0.05, 0) is 67.7 Å². The average Bonchev–Trinajstić information content (AvgIpc) is 3.55. The second kappa shape index (κ2) is 8.50. The zero-order chi connectivity index (χ0) is 23.1. The second-order valence-electron chi connectivity index (χ2n) is 9.06. The van der Waals surface area contributed by atoms with Crippen molar-refractivity contribution in [3.8, 4) is 11.1 Å². The molecule has 3 fully saturated rings. The van der Waals surface area contributed by atoms with Crippen molar-refractivity contribution in [1.29, 1.82) is 0 Å². The Kier molecular flexibility index (Phi) is 5.19. The van der Waals surface area contributed by atoms with Crippen LogP contribution in [-0.2, 0) is 0 Å². The molecule has 0 spiro atoms. The highest BCUT2D eigenvalue weighted by Crippen LogP contribution is 2.33. The number of furan rings is 2. The number of para-hydroxylation sites is 1. The minimum atomic E-state index is -0.315. The average molecular weight is 456 g/mol. The lowest BCUT2D eigenvalue weighted by Gasteiger charge is -2.44. The summed E-state index contributed by atoms with van der Waals surface area (Å²) in [5.74, 6) is 0.636. The van der Waals surface area contributed by atoms with Crippen molar-refractivity contribution in [2.24, 2.45) is 5.92 Å². The van der Waals surface area contributed by atoms with Gasteiger partial charge in [0, 0.05) is 29.2 Å². The summed E-state index contributed by atoms with van der Waals surface area (Å²) in [6.07, 6.45) is 3.75. The molecule has 34 heavy (non-hydrogen) atoms. The summed E-state index contributed by atoms with van der Waals surface area (Å²) in [6, 6.07) is 18.6. The molecule has 3 saturated heterocycles. The van der Waals surface area contributed by atoms with E-state index >= 15 is 0 Å². The first-order valence-electron chi connectivity index (χ1n) is 11.6. The summed E-state index contributed by atoms with van der Waals surface area (Å²) in [4.78, 5) is 27.8. The number of fused-ring (bicyclic) bond motifs is 4. The second-order valence-corrected chi connectivity index (χ2v) is 9.06. The third-order valence-electron chi connectivity index (χ3n) is 6.92. The first-order chi connectivity index (χ1) is 16.6. The van der Waals surface area contributed by atoms with E-state index in [0.717, 1.165) is 49.0 Å². The maximum Gasteiger partial charge on any atom is 0.291 e. The largest absolute Gasteiger partial charge is 0.459 e. The van der Waals surface area contributed by atoms with Crippen molar-refractivity contribution in [3.63, 3.8) is 0 Å². The summed E-state index contributed by atoms with van der Waals surface area (Å²) in [7, 11) is 0. The lowest BCUT2D eigenvalue weighted by atomic mass is 9.84. The standard InChI is InChI=1S/C27H25N3O4/c31-26(23-8-3-13-33-23)28-20-6-1-4-18(14-20)21-7-2-5-19-15-24(34-25(19)21)27(32)29-22-16-30-11-9-17(22)10-12-30/h1-8,13-15,17,22H,9-12,16H2,(H,28,31)(H,29,32)/t22-/m0/s1. The number of hydrogen-bond acceptors (Lipinski definition) is 5. The normalized spacial score (nSPS) is 21.5. The molecule has 2 aromatic carbocycles. The number of carbonyl (C=O) groups excluding carboxylic acids is 2. The van der Waals surface area contributed by atoms with Crippen LogP contribution in [0.3, 0.4) is 0 Å². The lowest BCUT2D eigenvalue weighted by molar-refractivity contribution is 0.0607. The SMILES string of the molecule is O=C(Nc1cccc(-c2cccc3cc(C(=O)N[C@H]4CN5CCC4CC5)oc23)c1)c1ccco1. The van der Waals surface area contributed by atoms with Crippen molar-refractivity contribution >= 4 is 28.5 Å². The molecule has 7 heteroatoms. The zero-order valence-corrected chi connectivity index (χ0v) is 18.6. The molecule has 2 N–H and O–H groups in total. The minimum absolute atomic E-state index is 0.166. The molecular formula is C27H25N3O4. The van der Waals surface area contributed by atoms with Crippen LogP contribution < -0.4 is 10.6 Å². The van der Waals surface area contributed by atoms with Gasteiger partial charge < -0.3 is 24.4 Å². The Hall–Kier alpha value is -3.84. The number of rotatable bonds is 5. The van der Waals surface area contributed by atoms with Gasteiger partial charge in [-0.1, -0.05) is 30.3 Å². The van der Waals surface area contributed by atoms with Crippen LogP contribution >= 0.6 is 0 Å². The number of benzene rings is 2. The number of amides is 2. The monoisotopic (exact) mass is 455 g/mol. The molecule has 3 aliphatic rings. The quantitative estimate of drug-likeness (QED) is 0.453. The number of carbonyl (C=O) groups is 2. The number of anilines is 1. The van der Waals surface area contributed by atoms with Crippen LogP contribution in [0, 0.1) is 5.92 Å². The van der Waals surface area contributed by atoms with Gasteiger partial charge in [0.2, 0.25) is 0 Å². The Balaban J connectivity index is 1.25. The van der Waals surface area contributed by atoms with Crippen molar-refractivity contribution in [2.45, 2.75) is 18.9 Å². The topological polar surface area (TPSA) is 87.7 Å². The summed E-state index contributed by atoms with van der Waals surface area (Å²) in [6.45, 7) is 3.18. The maximum atomic E-state index is 13.0. The highest BCUT2D eigenvalue weighted by molar-refractivity contribution is 6.03. The Labute approximate surface area is 196 Å². The number of nitrogens with zero attached hydrogens (tertiary/aromatic N) is 1. The summed E-state index contributed by atoms with van der Waals surface area (Å²) < 4.78 is 11.3. The van der Waals surface area contributed by atoms with Crippen LogP contribution in [0.2, 0.25) is 0 Å². The van der Waals surface area contributed by atoms with E-state index < -0.39 is 0 Å². The molecule has 0 radical (unpaired) electrons. The minimum Gasteiger partial charge on any atom is -0.459 e. The smallest absolute Gasteiger partial charge is 0.291 e. The van der Waals surface area contributed by atoms with Crippen molar-refractivity contribution < 1.29 is 18.4 Å². The first-order valence-corrected chi connectivity index (χ1v) is 11.6. The van der Waals surface area contributed by atoms with E-state index in [1.807, 2.05) is 42.5 Å². The van der Waals surface area contributed by atoms with Crippen LogP contribution in [0.5, 0.6) is 0 Å². The molecule has 4 aromatic rings. The fourth-order valence-corrected chi connectivity index (χ4v) is 5.14. The van der Waals surface area contributed by atoms with Gasteiger partial charge in [-0.2, -0.15) is 0 Å². The van der Waals surface area contributed by atoms with Crippen molar-refractivity contribution in [2.75, 3.05) is 25.0 Å². The molecular weight excluding hydrogens is 430 g/mol. The molecule has 2 aromatic heterocycles. The molecule has 2 bridgehead atoms. The molecule has 5 heterocycles. The number of hydrogen-bond donors (Lipinski definition) is 2. The number of piperidine rings is 3. The molecule has 7 nitrogen and oxygen atoms in total. The van der Waals surface area contributed by atoms with Gasteiger partial charge in [-0.15, -0.1) is 0 Å². The van der Waals surface area contributed by atoms with Crippen LogP contribution in [0.25, 0.3) is 22.1 Å². The van der Waals surface area contributed by atoms with Crippen LogP contribution in [-0.4, -0.2) is 42.4 Å². The van der Waals surface area contributed by atoms with E-state index in [1.54, 1.807) is 18.2 Å². The predicted octanol–water partition coefficient (Wildman–Crippen LogP) is 4.77. The Bertz CT molecular complexity index is 1350. The van der Waals surface area contributed by atoms with Gasteiger partial charge in [0.25, 0.3) is 11.8 Å². The Morgan fingerprint density at radius 2 is 1.76 bits per heavy atom. The van der Waals surface area contributed by atoms with Gasteiger partial charge in [0.05, 0.1) is 6.26 Å². The van der Waals surface area contributed by atoms with Crippen LogP contribution in [0.15, 0.2) is 75.8 Å². The van der Waals surface area contributed by atoms with E-state index in [9.17, 15) is 9.59 Å². The molecule has 0 saturated carbocycles. The van der Waals surface area contributed by atoms with E-state index in [2.05, 4.69) is 15.5 Å². The fourth-order valence-electron chi connectivity index (χ4n) is 5.14. The predicted molar refractivity (Wildman–Crippen MR) is 129 cm³/mol. The van der Waals surface area contributed by atoms with E-state index in [-0.39, 0.29) is 23.6 Å². The molecule has 3 aliphatic heterocycles. The molecule has 0 unspecified atom stereocenters. The van der Waals surface area contributed by atoms with Gasteiger partial charge in [-0.25, -0.2) is 0 Å². The Morgan fingerprint density at radius 1 is 0.912 bits per heavy atom. The molecule has 172 valence electrons. The molecule has 0 aliphatic carbocycles. The third kappa shape index (κ3) is 3.88. The Morgan fingerprint density at radius 3 is 2.53 bits per heavy atom. The zero-order valence-electron chi connectivity index (χ0n) is 18.6. The number of nitrogens with one attached hydrogen (secondary N) is 2. The lowest BCUT2D eigenvalue weighted by Crippen LogP contribution is -2.57. The maximum absolute atomic E-state index is 13.0. The first kappa shape index (κ1) is 20.7. The summed E-state index contributed by atoms with van der Waals surface area (Å²) in [5, 5.41) is 6.92. The van der Waals surface area contributed by atoms with E-state index in [4.69, 9.17) is 8.83 Å². The summed E-state index contributed by atoms with van der Waals surface area (Å²) in [5.41, 5.74) is 3.02. The van der Waals surface area contributed by atoms with E-state index in [1.165, 1.54) is 6.26 Å². The highest BCUT2D eigenvalue weighted by atomic mass is 16.3. The highest BCUT2D eigenvalue weighted by Gasteiger charge is 2.35. The van der Waals surface area contributed by atoms with Crippen LogP contribution in [0.1, 0.15) is 34.0 Å². The third-order valence-corrected chi connectivity index (χ3v) is 6.92. The molecule has 2 amide bonds. The van der Waals surface area contributed by atoms with Gasteiger partial charge in [0.1, 0.15) is 5.58 Å². The van der Waals surface area contributed by atoms with Crippen molar-refractivity contribution in [1.82, 2.24) is 10.2 Å². The summed E-state index contributed by atoms with van der Waals surface area (Å²) >= 11 is 0. The van der Waals surface area contributed by atoms with Gasteiger partial charge >= 0.3 is 0 Å². The fraction of sp³-hybridized carbons (Fsp3) is 0.259. The molecule has 1 atom stereocenters.